The molecule has 0 aliphatic heterocycles. The highest BCUT2D eigenvalue weighted by molar-refractivity contribution is 5.01. The van der Waals surface area contributed by atoms with E-state index in [1.54, 1.807) is 0 Å². The van der Waals surface area contributed by atoms with Gasteiger partial charge in [-0.15, -0.1) is 0 Å². The molecule has 0 aromatic carbocycles. The van der Waals surface area contributed by atoms with Gasteiger partial charge in [0.25, 0.3) is 0 Å². The van der Waals surface area contributed by atoms with E-state index in [2.05, 4.69) is 42.9 Å². The minimum atomic E-state index is 1.17. The molecule has 82 valence electrons. The fourth-order valence-corrected chi connectivity index (χ4v) is 1.51. The number of nitrogens with zero attached hydrogens (tertiary/aromatic N) is 2. The third-order valence-corrected chi connectivity index (χ3v) is 2.28. The lowest BCUT2D eigenvalue weighted by Crippen LogP contribution is -2.32. The largest absolute Gasteiger partial charge is 0.512 e. The van der Waals surface area contributed by atoms with Gasteiger partial charge in [0, 0.05) is 18.1 Å². The van der Waals surface area contributed by atoms with E-state index in [0.29, 0.717) is 0 Å². The highest BCUT2D eigenvalue weighted by atomic mass is 14.9. The lowest BCUT2D eigenvalue weighted by atomic mass is 10.2. The average molecular weight is 204 g/mol. The second kappa shape index (κ2) is 9.21. The summed E-state index contributed by atoms with van der Waals surface area (Å²) in [5.41, 5.74) is 1.35. The monoisotopic (exact) mass is 204 g/mol. The van der Waals surface area contributed by atoms with E-state index >= 15 is 0 Å². The predicted molar refractivity (Wildman–Crippen MR) is 60.5 cm³/mol. The summed E-state index contributed by atoms with van der Waals surface area (Å²) in [7, 11) is 0. The first kappa shape index (κ1) is 13.6. The van der Waals surface area contributed by atoms with Crippen molar-refractivity contribution >= 4 is 0 Å². The molecule has 1 aromatic heterocycles. The molecule has 0 aliphatic rings. The minimum Gasteiger partial charge on any atom is -0.512 e. The second-order valence-electron chi connectivity index (χ2n) is 3.68. The molecule has 0 bridgehead atoms. The molecule has 0 unspecified atom stereocenters. The van der Waals surface area contributed by atoms with Crippen LogP contribution >= 0.6 is 0 Å². The van der Waals surface area contributed by atoms with E-state index in [4.69, 9.17) is 11.8 Å². The first-order valence-corrected chi connectivity index (χ1v) is 5.51. The fourth-order valence-electron chi connectivity index (χ4n) is 1.51. The van der Waals surface area contributed by atoms with Crippen LogP contribution in [0.3, 0.4) is 0 Å². The Labute approximate surface area is 93.2 Å². The van der Waals surface area contributed by atoms with Crippen molar-refractivity contribution in [3.05, 3.63) is 36.7 Å². The maximum absolute atomic E-state index is 6.25. The van der Waals surface area contributed by atoms with Gasteiger partial charge < -0.3 is 11.8 Å². The number of pyridine rings is 1. The summed E-state index contributed by atoms with van der Waals surface area (Å²) in [4.78, 5) is 0. The van der Waals surface area contributed by atoms with Crippen LogP contribution in [0.1, 0.15) is 38.2 Å². The van der Waals surface area contributed by atoms with Crippen molar-refractivity contribution in [2.45, 2.75) is 46.1 Å². The minimum absolute atomic E-state index is 1.17. The molecule has 2 nitrogen and oxygen atoms in total. The molecule has 0 spiro atoms. The van der Waals surface area contributed by atoms with Crippen LogP contribution in [-0.2, 0) is 6.54 Å². The topological polar surface area (TPSA) is 27.7 Å². The number of hydrogen-bond acceptors (Lipinski definition) is 1. The zero-order valence-corrected chi connectivity index (χ0v) is 9.74. The molecular weight excluding hydrogens is 184 g/mol. The van der Waals surface area contributed by atoms with E-state index in [1.807, 2.05) is 0 Å². The van der Waals surface area contributed by atoms with Crippen LogP contribution in [0.5, 0.6) is 0 Å². The molecule has 0 saturated carbocycles. The Hall–Kier alpha value is -1.36. The number of hydrogen-bond donors (Lipinski definition) is 0. The molecule has 0 atom stereocenters. The van der Waals surface area contributed by atoms with Gasteiger partial charge in [-0.2, -0.15) is 0 Å². The van der Waals surface area contributed by atoms with Crippen LogP contribution in [0.2, 0.25) is 0 Å². The van der Waals surface area contributed by atoms with E-state index < -0.39 is 0 Å². The Bertz CT molecular complexity index is 279. The third-order valence-electron chi connectivity index (χ3n) is 2.28. The summed E-state index contributed by atoms with van der Waals surface area (Å²) in [5.74, 6) is 0. The first-order chi connectivity index (χ1) is 7.33. The standard InChI is InChI=1S/C12H20N.CN/c1-3-4-5-6-9-13-10-7-8-12(2)11-13;1-2/h7-8,10-11H,3-6,9H2,1-2H3;/q+1;-1. The van der Waals surface area contributed by atoms with Crippen molar-refractivity contribution in [3.8, 4) is 0 Å². The van der Waals surface area contributed by atoms with Gasteiger partial charge in [0.15, 0.2) is 12.4 Å². The smallest absolute Gasteiger partial charge is 0.171 e. The zero-order chi connectivity index (χ0) is 11.5. The van der Waals surface area contributed by atoms with Crippen LogP contribution < -0.4 is 4.57 Å². The van der Waals surface area contributed by atoms with Crippen LogP contribution in [0.4, 0.5) is 0 Å². The van der Waals surface area contributed by atoms with Crippen LogP contribution in [0.25, 0.3) is 0 Å². The Morgan fingerprint density at radius 1 is 1.27 bits per heavy atom. The van der Waals surface area contributed by atoms with Gasteiger partial charge in [-0.3, -0.25) is 0 Å². The summed E-state index contributed by atoms with van der Waals surface area (Å²) in [6.45, 7) is 10.3. The van der Waals surface area contributed by atoms with E-state index in [0.717, 1.165) is 0 Å². The summed E-state index contributed by atoms with van der Waals surface area (Å²) in [5, 5.41) is 6.25. The van der Waals surface area contributed by atoms with E-state index in [-0.39, 0.29) is 0 Å². The number of aryl methyl sites for hydroxylation is 2. The van der Waals surface area contributed by atoms with Crippen molar-refractivity contribution in [1.29, 1.82) is 5.26 Å². The summed E-state index contributed by atoms with van der Waals surface area (Å²) < 4.78 is 2.28. The predicted octanol–water partition coefficient (Wildman–Crippen LogP) is 2.96. The van der Waals surface area contributed by atoms with Gasteiger partial charge in [0.2, 0.25) is 0 Å². The maximum Gasteiger partial charge on any atom is 0.171 e. The van der Waals surface area contributed by atoms with Crippen molar-refractivity contribution < 1.29 is 4.57 Å². The van der Waals surface area contributed by atoms with Crippen molar-refractivity contribution in [2.75, 3.05) is 0 Å². The van der Waals surface area contributed by atoms with Crippen LogP contribution in [0.15, 0.2) is 24.5 Å². The van der Waals surface area contributed by atoms with E-state index in [9.17, 15) is 0 Å². The number of unbranched alkanes of at least 4 members (excludes halogenated alkanes) is 3. The average Bonchev–Trinajstić information content (AvgIpc) is 2.27. The molecule has 1 heterocycles. The highest BCUT2D eigenvalue weighted by Crippen LogP contribution is 1.98. The quantitative estimate of drug-likeness (QED) is 0.411. The molecule has 0 aliphatic carbocycles. The fraction of sp³-hybridized carbons (Fsp3) is 0.538. The van der Waals surface area contributed by atoms with Gasteiger partial charge in [-0.05, 0) is 19.4 Å². The van der Waals surface area contributed by atoms with Gasteiger partial charge >= 0.3 is 0 Å². The third kappa shape index (κ3) is 6.68. The van der Waals surface area contributed by atoms with Crippen molar-refractivity contribution in [3.63, 3.8) is 0 Å². The van der Waals surface area contributed by atoms with E-state index in [1.165, 1.54) is 37.8 Å². The highest BCUT2D eigenvalue weighted by Gasteiger charge is 1.98. The van der Waals surface area contributed by atoms with Gasteiger partial charge in [-0.25, -0.2) is 4.57 Å². The van der Waals surface area contributed by atoms with Gasteiger partial charge in [0.1, 0.15) is 6.54 Å². The molecule has 1 rings (SSSR count). The lowest BCUT2D eigenvalue weighted by molar-refractivity contribution is -0.697. The molecule has 0 fully saturated rings. The van der Waals surface area contributed by atoms with Crippen molar-refractivity contribution in [2.24, 2.45) is 0 Å². The molecule has 0 saturated heterocycles. The Morgan fingerprint density at radius 2 is 2.00 bits per heavy atom. The summed E-state index contributed by atoms with van der Waals surface area (Å²) in [6, 6.07) is 4.26. The molecule has 0 radical (unpaired) electrons. The molecule has 0 N–H and O–H groups in total. The Balaban J connectivity index is 0.000000921. The molecular formula is C13H20N2. The maximum atomic E-state index is 6.25. The molecule has 15 heavy (non-hydrogen) atoms. The molecule has 2 heteroatoms. The van der Waals surface area contributed by atoms with Gasteiger partial charge in [0.05, 0.1) is 0 Å². The zero-order valence-electron chi connectivity index (χ0n) is 9.74. The lowest BCUT2D eigenvalue weighted by Gasteiger charge is -1.97. The molecule has 1 aromatic rings. The van der Waals surface area contributed by atoms with Gasteiger partial charge in [-0.1, -0.05) is 19.8 Å². The Kier molecular flexibility index (Phi) is 8.37. The number of aromatic nitrogens is 1. The van der Waals surface area contributed by atoms with Crippen LogP contribution in [0, 0.1) is 18.8 Å². The summed E-state index contributed by atoms with van der Waals surface area (Å²) in [6.07, 6.45) is 9.72. The number of rotatable bonds is 5. The SMILES string of the molecule is CCCCCC[n+]1cccc(C)c1.[C-]#N. The Morgan fingerprint density at radius 3 is 2.60 bits per heavy atom. The summed E-state index contributed by atoms with van der Waals surface area (Å²) >= 11 is 0. The second-order valence-corrected chi connectivity index (χ2v) is 3.68. The first-order valence-electron chi connectivity index (χ1n) is 5.51. The van der Waals surface area contributed by atoms with Crippen LogP contribution in [-0.4, -0.2) is 0 Å². The normalized spacial score (nSPS) is 9.07. The molecule has 0 amide bonds. The van der Waals surface area contributed by atoms with Crippen molar-refractivity contribution in [1.82, 2.24) is 0 Å².